The summed E-state index contributed by atoms with van der Waals surface area (Å²) < 4.78 is 22.3. The van der Waals surface area contributed by atoms with Gasteiger partial charge in [0.2, 0.25) is 0 Å². The van der Waals surface area contributed by atoms with Crippen LogP contribution in [0.3, 0.4) is 0 Å². The van der Waals surface area contributed by atoms with Crippen molar-refractivity contribution in [3.63, 3.8) is 0 Å². The van der Waals surface area contributed by atoms with E-state index in [1.165, 1.54) is 18.3 Å². The minimum absolute atomic E-state index is 0.247. The molecular formula is C6H4N3O2S-. The third-order valence-electron chi connectivity index (χ3n) is 1.08. The van der Waals surface area contributed by atoms with E-state index in [9.17, 15) is 8.76 Å². The van der Waals surface area contributed by atoms with E-state index in [0.29, 0.717) is 5.69 Å². The summed E-state index contributed by atoms with van der Waals surface area (Å²) in [4.78, 5) is 3.65. The first-order chi connectivity index (χ1) is 5.72. The Hall–Kier alpha value is -1.45. The largest absolute Gasteiger partial charge is 0.755 e. The van der Waals surface area contributed by atoms with Crippen molar-refractivity contribution < 1.29 is 8.76 Å². The van der Waals surface area contributed by atoms with Crippen molar-refractivity contribution in [3.05, 3.63) is 24.0 Å². The van der Waals surface area contributed by atoms with Crippen LogP contribution in [0.2, 0.25) is 0 Å². The van der Waals surface area contributed by atoms with Crippen LogP contribution in [0.15, 0.2) is 18.3 Å². The van der Waals surface area contributed by atoms with Gasteiger partial charge in [-0.1, -0.05) is 0 Å². The summed E-state index contributed by atoms with van der Waals surface area (Å²) in [5, 5.41) is 8.36. The van der Waals surface area contributed by atoms with E-state index in [1.807, 2.05) is 6.07 Å². The summed E-state index contributed by atoms with van der Waals surface area (Å²) in [6, 6.07) is 4.70. The first-order valence-corrected chi connectivity index (χ1v) is 4.02. The molecule has 1 rings (SSSR count). The molecule has 0 saturated heterocycles. The Morgan fingerprint density at radius 1 is 1.67 bits per heavy atom. The molecule has 1 N–H and O–H groups in total. The number of nitrogens with one attached hydrogen (secondary N) is 1. The highest BCUT2D eigenvalue weighted by Gasteiger charge is 1.92. The predicted molar refractivity (Wildman–Crippen MR) is 41.5 cm³/mol. The van der Waals surface area contributed by atoms with Crippen molar-refractivity contribution in [2.75, 3.05) is 4.72 Å². The van der Waals surface area contributed by atoms with Crippen molar-refractivity contribution in [2.45, 2.75) is 0 Å². The molecule has 0 saturated carbocycles. The molecule has 0 amide bonds. The maximum atomic E-state index is 10.1. The lowest BCUT2D eigenvalue weighted by molar-refractivity contribution is 0.542. The summed E-state index contributed by atoms with van der Waals surface area (Å²) in [5.41, 5.74) is 0.583. The minimum Gasteiger partial charge on any atom is -0.755 e. The van der Waals surface area contributed by atoms with Gasteiger partial charge in [-0.2, -0.15) is 5.26 Å². The maximum absolute atomic E-state index is 10.1. The molecule has 6 heteroatoms. The zero-order valence-electron chi connectivity index (χ0n) is 5.85. The van der Waals surface area contributed by atoms with Crippen LogP contribution in [-0.2, 0) is 11.3 Å². The molecule has 12 heavy (non-hydrogen) atoms. The average molecular weight is 182 g/mol. The fourth-order valence-corrected chi connectivity index (χ4v) is 0.930. The Balaban J connectivity index is 2.80. The molecule has 1 aromatic heterocycles. The smallest absolute Gasteiger partial charge is 0.140 e. The van der Waals surface area contributed by atoms with Gasteiger partial charge in [0.15, 0.2) is 0 Å². The van der Waals surface area contributed by atoms with Gasteiger partial charge >= 0.3 is 0 Å². The second kappa shape index (κ2) is 3.80. The van der Waals surface area contributed by atoms with Crippen LogP contribution in [0.5, 0.6) is 0 Å². The van der Waals surface area contributed by atoms with E-state index in [-0.39, 0.29) is 5.69 Å². The SMILES string of the molecule is N#Cc1ccc(NS(=O)[O-])cn1. The molecule has 0 aliphatic heterocycles. The quantitative estimate of drug-likeness (QED) is 0.659. The molecule has 0 fully saturated rings. The van der Waals surface area contributed by atoms with Gasteiger partial charge in [0.05, 0.1) is 11.9 Å². The Labute approximate surface area is 71.5 Å². The van der Waals surface area contributed by atoms with Crippen molar-refractivity contribution in [1.29, 1.82) is 5.26 Å². The second-order valence-corrected chi connectivity index (χ2v) is 2.55. The molecule has 0 bridgehead atoms. The lowest BCUT2D eigenvalue weighted by atomic mass is 10.3. The van der Waals surface area contributed by atoms with Gasteiger partial charge in [-0.15, -0.1) is 0 Å². The first-order valence-electron chi connectivity index (χ1n) is 2.94. The van der Waals surface area contributed by atoms with Gasteiger partial charge in [0.1, 0.15) is 11.8 Å². The van der Waals surface area contributed by atoms with E-state index in [1.54, 1.807) is 0 Å². The highest BCUT2D eigenvalue weighted by molar-refractivity contribution is 7.80. The molecule has 62 valence electrons. The molecule has 1 unspecified atom stereocenters. The molecule has 0 aromatic carbocycles. The fourth-order valence-electron chi connectivity index (χ4n) is 0.617. The molecule has 1 atom stereocenters. The summed E-state index contributed by atoms with van der Waals surface area (Å²) in [6.07, 6.45) is 1.27. The van der Waals surface area contributed by atoms with Crippen LogP contribution >= 0.6 is 0 Å². The topological polar surface area (TPSA) is 88.8 Å². The molecule has 5 nitrogen and oxygen atoms in total. The minimum atomic E-state index is -2.35. The van der Waals surface area contributed by atoms with Crippen LogP contribution in [0.25, 0.3) is 0 Å². The third-order valence-corrected chi connectivity index (χ3v) is 1.48. The Morgan fingerprint density at radius 3 is 2.83 bits per heavy atom. The van der Waals surface area contributed by atoms with E-state index >= 15 is 0 Å². The van der Waals surface area contributed by atoms with Crippen LogP contribution in [0.1, 0.15) is 5.69 Å². The van der Waals surface area contributed by atoms with Crippen molar-refractivity contribution in [2.24, 2.45) is 0 Å². The standard InChI is InChI=1S/C6H5N3O2S/c7-3-5-1-2-6(4-8-5)9-12(10)11/h1-2,4,9H,(H,10,11)/p-1. The van der Waals surface area contributed by atoms with Crippen LogP contribution in [-0.4, -0.2) is 13.7 Å². The average Bonchev–Trinajstić information content (AvgIpc) is 2.05. The van der Waals surface area contributed by atoms with Crippen LogP contribution in [0.4, 0.5) is 5.69 Å². The second-order valence-electron chi connectivity index (χ2n) is 1.88. The molecule has 0 aliphatic rings. The van der Waals surface area contributed by atoms with E-state index in [2.05, 4.69) is 9.71 Å². The summed E-state index contributed by atoms with van der Waals surface area (Å²) >= 11 is -2.35. The van der Waals surface area contributed by atoms with Gasteiger partial charge in [0, 0.05) is 11.3 Å². The first kappa shape index (κ1) is 8.64. The summed E-state index contributed by atoms with van der Waals surface area (Å²) in [7, 11) is 0. The van der Waals surface area contributed by atoms with Crippen molar-refractivity contribution in [3.8, 4) is 6.07 Å². The van der Waals surface area contributed by atoms with Gasteiger partial charge in [0.25, 0.3) is 0 Å². The van der Waals surface area contributed by atoms with E-state index in [4.69, 9.17) is 5.26 Å². The molecule has 0 spiro atoms. The zero-order chi connectivity index (χ0) is 8.97. The van der Waals surface area contributed by atoms with E-state index < -0.39 is 11.3 Å². The number of pyridine rings is 1. The predicted octanol–water partition coefficient (Wildman–Crippen LogP) is 0.159. The molecule has 0 aliphatic carbocycles. The number of nitriles is 1. The number of rotatable bonds is 2. The molecule has 1 heterocycles. The van der Waals surface area contributed by atoms with Crippen LogP contribution < -0.4 is 4.72 Å². The Kier molecular flexibility index (Phi) is 2.74. The monoisotopic (exact) mass is 182 g/mol. The highest BCUT2D eigenvalue weighted by atomic mass is 32.2. The normalized spacial score (nSPS) is 11.7. The number of nitrogens with zero attached hydrogens (tertiary/aromatic N) is 2. The number of hydrogen-bond donors (Lipinski definition) is 1. The summed E-state index contributed by atoms with van der Waals surface area (Å²) in [5.74, 6) is 0. The van der Waals surface area contributed by atoms with E-state index in [0.717, 1.165) is 0 Å². The zero-order valence-corrected chi connectivity index (χ0v) is 6.67. The third kappa shape index (κ3) is 2.30. The fraction of sp³-hybridized carbons (Fsp3) is 0. The van der Waals surface area contributed by atoms with Gasteiger partial charge in [-0.25, -0.2) is 4.98 Å². The van der Waals surface area contributed by atoms with Crippen molar-refractivity contribution >= 4 is 17.0 Å². The van der Waals surface area contributed by atoms with Gasteiger partial charge in [-0.3, -0.25) is 4.21 Å². The number of aromatic nitrogens is 1. The van der Waals surface area contributed by atoms with Crippen LogP contribution in [0, 0.1) is 11.3 Å². The number of hydrogen-bond acceptors (Lipinski definition) is 4. The lowest BCUT2D eigenvalue weighted by Gasteiger charge is -2.06. The number of anilines is 1. The molecular weight excluding hydrogens is 178 g/mol. The van der Waals surface area contributed by atoms with Gasteiger partial charge in [-0.05, 0) is 12.1 Å². The lowest BCUT2D eigenvalue weighted by Crippen LogP contribution is -2.02. The molecule has 1 aromatic rings. The Bertz CT molecular complexity index is 330. The van der Waals surface area contributed by atoms with Gasteiger partial charge < -0.3 is 9.27 Å². The van der Waals surface area contributed by atoms with Crippen molar-refractivity contribution in [1.82, 2.24) is 4.98 Å². The summed E-state index contributed by atoms with van der Waals surface area (Å²) in [6.45, 7) is 0. The molecule has 0 radical (unpaired) electrons. The maximum Gasteiger partial charge on any atom is 0.140 e. The Morgan fingerprint density at radius 2 is 2.42 bits per heavy atom. The highest BCUT2D eigenvalue weighted by Crippen LogP contribution is 2.05.